The van der Waals surface area contributed by atoms with E-state index in [2.05, 4.69) is 243 Å². The van der Waals surface area contributed by atoms with E-state index in [1.807, 2.05) is 0 Å². The molecule has 0 nitrogen and oxygen atoms in total. The number of hydrogen-bond acceptors (Lipinski definition) is 0. The van der Waals surface area contributed by atoms with Gasteiger partial charge in [0.2, 0.25) is 0 Å². The normalized spacial score (nSPS) is 11.9. The average molecular weight is 833 g/mol. The van der Waals surface area contributed by atoms with Crippen LogP contribution in [0.2, 0.25) is 0 Å². The molecule has 14 rings (SSSR count). The van der Waals surface area contributed by atoms with Crippen LogP contribution < -0.4 is 0 Å². The van der Waals surface area contributed by atoms with Gasteiger partial charge in [0.1, 0.15) is 0 Å². The quantitative estimate of drug-likeness (QED) is 0.155. The summed E-state index contributed by atoms with van der Waals surface area (Å²) in [6.45, 7) is 0. The largest absolute Gasteiger partial charge is 0.0616 e. The molecule has 14 aromatic rings. The summed E-state index contributed by atoms with van der Waals surface area (Å²) in [4.78, 5) is 0. The van der Waals surface area contributed by atoms with Crippen LogP contribution in [-0.4, -0.2) is 0 Å². The zero-order valence-corrected chi connectivity index (χ0v) is 36.1. The third kappa shape index (κ3) is 5.46. The first-order valence-corrected chi connectivity index (χ1v) is 23.0. The second kappa shape index (κ2) is 14.5. The Kier molecular flexibility index (Phi) is 8.08. The Hall–Kier alpha value is -8.58. The number of benzene rings is 14. The predicted octanol–water partition coefficient (Wildman–Crippen LogP) is 18.7. The summed E-state index contributed by atoms with van der Waals surface area (Å²) < 4.78 is 0. The van der Waals surface area contributed by atoms with E-state index in [0.717, 1.165) is 0 Å². The predicted molar refractivity (Wildman–Crippen MR) is 286 cm³/mol. The molecule has 66 heavy (non-hydrogen) atoms. The maximum Gasteiger partial charge on any atom is -0.00137 e. The fraction of sp³-hybridized carbons (Fsp3) is 0. The van der Waals surface area contributed by atoms with Gasteiger partial charge in [-0.15, -0.1) is 0 Å². The maximum absolute atomic E-state index is 2.49. The van der Waals surface area contributed by atoms with Gasteiger partial charge in [0.25, 0.3) is 0 Å². The van der Waals surface area contributed by atoms with Gasteiger partial charge in [0, 0.05) is 0 Å². The van der Waals surface area contributed by atoms with Crippen molar-refractivity contribution in [2.24, 2.45) is 0 Å². The van der Waals surface area contributed by atoms with E-state index in [9.17, 15) is 0 Å². The van der Waals surface area contributed by atoms with Crippen molar-refractivity contribution in [2.45, 2.75) is 0 Å². The van der Waals surface area contributed by atoms with Crippen molar-refractivity contribution in [3.63, 3.8) is 0 Å². The second-order valence-electron chi connectivity index (χ2n) is 17.8. The molecule has 0 radical (unpaired) electrons. The zero-order valence-electron chi connectivity index (χ0n) is 36.1. The summed E-state index contributed by atoms with van der Waals surface area (Å²) in [6, 6.07) is 90.6. The fourth-order valence-electron chi connectivity index (χ4n) is 11.5. The third-order valence-electron chi connectivity index (χ3n) is 14.4. The van der Waals surface area contributed by atoms with Gasteiger partial charge in [0.05, 0.1) is 0 Å². The SMILES string of the molecule is c1ccc2c(-c3c(-c4ccc5c6ccccc6c6c7cc(-c8ccc9ccccc9c8-c8cccc9ccccc89)ccc7c7ccccc7c6c5c4)ccc4ccccc34)cccc2c1. The number of rotatable bonds is 4. The first kappa shape index (κ1) is 36.9. The van der Waals surface area contributed by atoms with Crippen LogP contribution in [0, 0.1) is 0 Å². The van der Waals surface area contributed by atoms with Crippen LogP contribution in [0.4, 0.5) is 0 Å². The standard InChI is InChI=1S/C66H40/c1-5-21-47-41(15-1)19-13-29-57(47)63-49-23-7-3-17-43(49)31-35-51(63)45-33-37-55-53-25-9-12-28-60(53)66-62-40-46(34-38-56(62)54-26-10-11-27-59(54)65(66)61(55)39-45)52-36-32-44-18-4-8-24-50(44)64(52)58-30-14-20-42-16-2-6-22-48(42)58/h1-40H. The van der Waals surface area contributed by atoms with E-state index < -0.39 is 0 Å². The van der Waals surface area contributed by atoms with E-state index in [1.54, 1.807) is 0 Å². The van der Waals surface area contributed by atoms with Crippen molar-refractivity contribution < 1.29 is 0 Å². The molecule has 0 fully saturated rings. The highest BCUT2D eigenvalue weighted by molar-refractivity contribution is 6.40. The van der Waals surface area contributed by atoms with Gasteiger partial charge in [-0.3, -0.25) is 0 Å². The van der Waals surface area contributed by atoms with Crippen LogP contribution in [0.15, 0.2) is 243 Å². The summed E-state index contributed by atoms with van der Waals surface area (Å²) in [7, 11) is 0. The smallest absolute Gasteiger partial charge is 0.00137 e. The highest BCUT2D eigenvalue weighted by Crippen LogP contribution is 2.49. The molecule has 0 bridgehead atoms. The average Bonchev–Trinajstić information content (AvgIpc) is 3.39. The van der Waals surface area contributed by atoms with Gasteiger partial charge >= 0.3 is 0 Å². The van der Waals surface area contributed by atoms with E-state index in [0.29, 0.717) is 0 Å². The topological polar surface area (TPSA) is 0 Å². The summed E-state index contributed by atoms with van der Waals surface area (Å²) in [5, 5.41) is 22.8. The first-order valence-electron chi connectivity index (χ1n) is 23.0. The summed E-state index contributed by atoms with van der Waals surface area (Å²) >= 11 is 0. The molecule has 0 aliphatic rings. The Morgan fingerprint density at radius 2 is 0.485 bits per heavy atom. The van der Waals surface area contributed by atoms with Gasteiger partial charge in [-0.1, -0.05) is 231 Å². The van der Waals surface area contributed by atoms with Gasteiger partial charge in [-0.2, -0.15) is 0 Å². The Bertz CT molecular complexity index is 4050. The highest BCUT2D eigenvalue weighted by Gasteiger charge is 2.21. The van der Waals surface area contributed by atoms with E-state index in [-0.39, 0.29) is 0 Å². The Morgan fingerprint density at radius 3 is 0.909 bits per heavy atom. The Labute approximate surface area is 382 Å². The molecule has 0 atom stereocenters. The lowest BCUT2D eigenvalue weighted by atomic mass is 9.83. The first-order chi connectivity index (χ1) is 32.8. The molecule has 304 valence electrons. The van der Waals surface area contributed by atoms with Crippen LogP contribution in [0.5, 0.6) is 0 Å². The molecule has 0 aliphatic carbocycles. The van der Waals surface area contributed by atoms with Gasteiger partial charge in [-0.05, 0) is 154 Å². The number of hydrogen-bond donors (Lipinski definition) is 0. The monoisotopic (exact) mass is 832 g/mol. The lowest BCUT2D eigenvalue weighted by Crippen LogP contribution is -1.92. The molecule has 0 saturated carbocycles. The highest BCUT2D eigenvalue weighted by atomic mass is 14.2. The molecule has 0 spiro atoms. The van der Waals surface area contributed by atoms with Gasteiger partial charge in [-0.25, -0.2) is 0 Å². The fourth-order valence-corrected chi connectivity index (χ4v) is 11.5. The van der Waals surface area contributed by atoms with Crippen LogP contribution >= 0.6 is 0 Å². The van der Waals surface area contributed by atoms with Gasteiger partial charge < -0.3 is 0 Å². The molecular weight excluding hydrogens is 793 g/mol. The molecule has 0 heterocycles. The lowest BCUT2D eigenvalue weighted by molar-refractivity contribution is 1.65. The molecule has 0 aliphatic heterocycles. The van der Waals surface area contributed by atoms with Crippen molar-refractivity contribution in [1.29, 1.82) is 0 Å². The summed E-state index contributed by atoms with van der Waals surface area (Å²) in [5.74, 6) is 0. The minimum atomic E-state index is 1.21. The van der Waals surface area contributed by atoms with Crippen molar-refractivity contribution in [2.75, 3.05) is 0 Å². The van der Waals surface area contributed by atoms with E-state index >= 15 is 0 Å². The van der Waals surface area contributed by atoms with Crippen molar-refractivity contribution >= 4 is 97.0 Å². The van der Waals surface area contributed by atoms with Crippen LogP contribution in [0.25, 0.3) is 141 Å². The van der Waals surface area contributed by atoms with Crippen LogP contribution in [0.1, 0.15) is 0 Å². The molecule has 0 N–H and O–H groups in total. The maximum atomic E-state index is 2.49. The van der Waals surface area contributed by atoms with E-state index in [4.69, 9.17) is 0 Å². The minimum absolute atomic E-state index is 1.21. The molecule has 14 aromatic carbocycles. The molecule has 0 heteroatoms. The minimum Gasteiger partial charge on any atom is -0.0616 e. The van der Waals surface area contributed by atoms with E-state index in [1.165, 1.54) is 141 Å². The molecular formula is C66H40. The van der Waals surface area contributed by atoms with Gasteiger partial charge in [0.15, 0.2) is 0 Å². The zero-order chi connectivity index (χ0) is 43.3. The van der Waals surface area contributed by atoms with Crippen molar-refractivity contribution in [1.82, 2.24) is 0 Å². The molecule has 0 unspecified atom stereocenters. The summed E-state index contributed by atoms with van der Waals surface area (Å²) in [6.07, 6.45) is 0. The second-order valence-corrected chi connectivity index (χ2v) is 17.8. The van der Waals surface area contributed by atoms with Crippen molar-refractivity contribution in [3.05, 3.63) is 243 Å². The Morgan fingerprint density at radius 1 is 0.167 bits per heavy atom. The molecule has 0 amide bonds. The third-order valence-corrected chi connectivity index (χ3v) is 14.4. The van der Waals surface area contributed by atoms with Crippen LogP contribution in [0.3, 0.4) is 0 Å². The molecule has 0 aromatic heterocycles. The molecule has 0 saturated heterocycles. The lowest BCUT2D eigenvalue weighted by Gasteiger charge is -2.20. The van der Waals surface area contributed by atoms with Crippen molar-refractivity contribution in [3.8, 4) is 44.5 Å². The van der Waals surface area contributed by atoms with Crippen LogP contribution in [-0.2, 0) is 0 Å². The summed E-state index contributed by atoms with van der Waals surface area (Å²) in [5.41, 5.74) is 9.94. The Balaban J connectivity index is 1.10. The number of fused-ring (bicyclic) bond motifs is 15.